The molecule has 8 nitrogen and oxygen atoms in total. The predicted octanol–water partition coefficient (Wildman–Crippen LogP) is 10.6. The molecule has 0 N–H and O–H groups in total. The zero-order valence-corrected chi connectivity index (χ0v) is 33.5. The Morgan fingerprint density at radius 2 is 1.12 bits per heavy atom. The van der Waals surface area contributed by atoms with Crippen molar-refractivity contribution in [3.05, 3.63) is 24.3 Å². The monoisotopic (exact) mass is 716 g/mol. The van der Waals surface area contributed by atoms with Crippen molar-refractivity contribution >= 4 is 13.8 Å². The first kappa shape index (κ1) is 48.0. The van der Waals surface area contributed by atoms with Crippen molar-refractivity contribution in [3.8, 4) is 0 Å². The predicted molar refractivity (Wildman–Crippen MR) is 204 cm³/mol. The standard InChI is InChI=1S/C40H78NO7P/c1-6-8-10-12-13-14-15-16-17-18-19-20-21-22-23-24-25-26-27-28-30-32-35-45-37-39(48-40(42)33-31-29-11-9-7-2)38-47-49(43,44)46-36-34-41(3,4)5/h15-16,18-19,39H,6-14,17,20-38H2,1-5H3/b16-15-,19-18-. The van der Waals surface area contributed by atoms with Crippen LogP contribution in [0.2, 0.25) is 0 Å². The normalized spacial score (nSPS) is 14.2. The Balaban J connectivity index is 3.99. The number of unbranched alkanes of at least 4 members (excludes halogenated alkanes) is 19. The van der Waals surface area contributed by atoms with Crippen LogP contribution in [0.1, 0.15) is 168 Å². The molecule has 49 heavy (non-hydrogen) atoms. The van der Waals surface area contributed by atoms with Crippen molar-refractivity contribution < 1.29 is 37.3 Å². The summed E-state index contributed by atoms with van der Waals surface area (Å²) in [7, 11) is 1.35. The van der Waals surface area contributed by atoms with Crippen LogP contribution in [0.25, 0.3) is 0 Å². The van der Waals surface area contributed by atoms with E-state index in [1.165, 1.54) is 96.3 Å². The van der Waals surface area contributed by atoms with Gasteiger partial charge in [0.2, 0.25) is 0 Å². The number of hydrogen-bond acceptors (Lipinski definition) is 7. The minimum absolute atomic E-state index is 0.0264. The number of carbonyl (C=O) groups is 1. The van der Waals surface area contributed by atoms with Crippen molar-refractivity contribution in [2.24, 2.45) is 0 Å². The first-order valence-electron chi connectivity index (χ1n) is 20.1. The molecule has 0 fully saturated rings. The average Bonchev–Trinajstić information content (AvgIpc) is 3.04. The maximum atomic E-state index is 12.4. The molecule has 2 atom stereocenters. The molecule has 0 saturated carbocycles. The van der Waals surface area contributed by atoms with E-state index in [1.807, 2.05) is 21.1 Å². The number of likely N-dealkylation sites (N-methyl/N-ethyl adjacent to an activating group) is 1. The molecule has 0 heterocycles. The summed E-state index contributed by atoms with van der Waals surface area (Å²) in [4.78, 5) is 24.7. The number of allylic oxidation sites excluding steroid dienone is 4. The lowest BCUT2D eigenvalue weighted by molar-refractivity contribution is -0.870. The van der Waals surface area contributed by atoms with Crippen molar-refractivity contribution in [2.45, 2.75) is 174 Å². The lowest BCUT2D eigenvalue weighted by Crippen LogP contribution is -2.37. The minimum Gasteiger partial charge on any atom is -0.756 e. The van der Waals surface area contributed by atoms with Gasteiger partial charge in [-0.3, -0.25) is 9.36 Å². The van der Waals surface area contributed by atoms with E-state index >= 15 is 0 Å². The third-order valence-corrected chi connectivity index (χ3v) is 9.47. The largest absolute Gasteiger partial charge is 0.756 e. The summed E-state index contributed by atoms with van der Waals surface area (Å²) in [5.41, 5.74) is 0. The molecule has 0 amide bonds. The summed E-state index contributed by atoms with van der Waals surface area (Å²) in [6.07, 6.45) is 36.6. The molecular formula is C40H78NO7P. The SMILES string of the molecule is CCCCCCC/C=C\C/C=C\CCCCCCCCCCCCOCC(COP(=O)([O-])OCC[N+](C)(C)C)OC(=O)CCCCCCC. The van der Waals surface area contributed by atoms with Crippen LogP contribution < -0.4 is 4.89 Å². The summed E-state index contributed by atoms with van der Waals surface area (Å²) in [6, 6.07) is 0. The second kappa shape index (κ2) is 34.1. The van der Waals surface area contributed by atoms with Crippen LogP contribution in [-0.4, -0.2) is 70.7 Å². The van der Waals surface area contributed by atoms with Gasteiger partial charge in [-0.15, -0.1) is 0 Å². The van der Waals surface area contributed by atoms with Crippen molar-refractivity contribution in [1.82, 2.24) is 0 Å². The van der Waals surface area contributed by atoms with Gasteiger partial charge in [0, 0.05) is 13.0 Å². The van der Waals surface area contributed by atoms with Crippen LogP contribution >= 0.6 is 7.82 Å². The quantitative estimate of drug-likeness (QED) is 0.0208. The van der Waals surface area contributed by atoms with E-state index in [4.69, 9.17) is 18.5 Å². The van der Waals surface area contributed by atoms with Gasteiger partial charge in [0.05, 0.1) is 34.4 Å². The highest BCUT2D eigenvalue weighted by molar-refractivity contribution is 7.45. The highest BCUT2D eigenvalue weighted by atomic mass is 31.2. The molecule has 0 aromatic heterocycles. The zero-order chi connectivity index (χ0) is 36.3. The average molecular weight is 716 g/mol. The van der Waals surface area contributed by atoms with Gasteiger partial charge in [0.15, 0.2) is 0 Å². The zero-order valence-electron chi connectivity index (χ0n) is 32.6. The van der Waals surface area contributed by atoms with E-state index in [-0.39, 0.29) is 25.8 Å². The van der Waals surface area contributed by atoms with Gasteiger partial charge in [-0.25, -0.2) is 0 Å². The number of phosphoric acid groups is 1. The maximum Gasteiger partial charge on any atom is 0.306 e. The molecule has 9 heteroatoms. The molecule has 2 unspecified atom stereocenters. The number of rotatable bonds is 37. The van der Waals surface area contributed by atoms with Gasteiger partial charge in [0.1, 0.15) is 19.3 Å². The van der Waals surface area contributed by atoms with Crippen LogP contribution in [0.3, 0.4) is 0 Å². The van der Waals surface area contributed by atoms with Crippen molar-refractivity contribution in [3.63, 3.8) is 0 Å². The third-order valence-electron chi connectivity index (χ3n) is 8.51. The molecule has 0 saturated heterocycles. The Morgan fingerprint density at radius 3 is 1.65 bits per heavy atom. The molecule has 0 aliphatic carbocycles. The van der Waals surface area contributed by atoms with E-state index in [1.54, 1.807) is 0 Å². The third kappa shape index (κ3) is 38.1. The van der Waals surface area contributed by atoms with Crippen molar-refractivity contribution in [2.75, 3.05) is 54.1 Å². The second-order valence-electron chi connectivity index (χ2n) is 14.6. The molecule has 0 aromatic rings. The Kier molecular flexibility index (Phi) is 33.4. The van der Waals surface area contributed by atoms with Crippen LogP contribution in [0.15, 0.2) is 24.3 Å². The lowest BCUT2D eigenvalue weighted by atomic mass is 10.1. The van der Waals surface area contributed by atoms with E-state index in [2.05, 4.69) is 38.2 Å². The molecular weight excluding hydrogens is 637 g/mol. The Morgan fingerprint density at radius 1 is 0.633 bits per heavy atom. The highest BCUT2D eigenvalue weighted by Gasteiger charge is 2.20. The molecule has 0 spiro atoms. The fourth-order valence-corrected chi connectivity index (χ4v) is 6.07. The Labute approximate surface area is 303 Å². The van der Waals surface area contributed by atoms with Gasteiger partial charge in [-0.05, 0) is 44.9 Å². The molecule has 0 radical (unpaired) electrons. The summed E-state index contributed by atoms with van der Waals surface area (Å²) in [5.74, 6) is -0.348. The van der Waals surface area contributed by atoms with Crippen LogP contribution in [0.5, 0.6) is 0 Å². The van der Waals surface area contributed by atoms with Crippen molar-refractivity contribution in [1.29, 1.82) is 0 Å². The first-order valence-corrected chi connectivity index (χ1v) is 21.5. The number of carbonyl (C=O) groups excluding carboxylic acids is 1. The molecule has 0 aliphatic rings. The number of quaternary nitrogens is 1. The number of nitrogens with zero attached hydrogens (tertiary/aromatic N) is 1. The van der Waals surface area contributed by atoms with E-state index in [0.717, 1.165) is 51.4 Å². The van der Waals surface area contributed by atoms with Crippen LogP contribution in [-0.2, 0) is 27.9 Å². The van der Waals surface area contributed by atoms with Gasteiger partial charge >= 0.3 is 5.97 Å². The summed E-state index contributed by atoms with van der Waals surface area (Å²) in [5, 5.41) is 0. The van der Waals surface area contributed by atoms with E-state index in [9.17, 15) is 14.3 Å². The Bertz CT molecular complexity index is 843. The highest BCUT2D eigenvalue weighted by Crippen LogP contribution is 2.38. The number of esters is 1. The summed E-state index contributed by atoms with van der Waals surface area (Å²) in [6.45, 7) is 5.31. The van der Waals surface area contributed by atoms with Gasteiger partial charge < -0.3 is 27.9 Å². The molecule has 0 bridgehead atoms. The van der Waals surface area contributed by atoms with Crippen LogP contribution in [0.4, 0.5) is 0 Å². The smallest absolute Gasteiger partial charge is 0.306 e. The summed E-state index contributed by atoms with van der Waals surface area (Å²) < 4.78 is 34.2. The first-order chi connectivity index (χ1) is 23.6. The lowest BCUT2D eigenvalue weighted by Gasteiger charge is -2.28. The number of phosphoric ester groups is 1. The van der Waals surface area contributed by atoms with Crippen LogP contribution in [0, 0.1) is 0 Å². The molecule has 0 rings (SSSR count). The number of ether oxygens (including phenoxy) is 2. The second-order valence-corrected chi connectivity index (χ2v) is 16.1. The van der Waals surface area contributed by atoms with Gasteiger partial charge in [-0.1, -0.05) is 141 Å². The number of hydrogen-bond donors (Lipinski definition) is 0. The molecule has 0 aliphatic heterocycles. The fraction of sp³-hybridized carbons (Fsp3) is 0.875. The topological polar surface area (TPSA) is 94.1 Å². The van der Waals surface area contributed by atoms with Gasteiger partial charge in [0.25, 0.3) is 7.82 Å². The minimum atomic E-state index is -4.50. The maximum absolute atomic E-state index is 12.4. The summed E-state index contributed by atoms with van der Waals surface area (Å²) >= 11 is 0. The molecule has 0 aromatic carbocycles. The Hall–Kier alpha value is -1.02. The van der Waals surface area contributed by atoms with Gasteiger partial charge in [-0.2, -0.15) is 0 Å². The molecule has 290 valence electrons. The fourth-order valence-electron chi connectivity index (χ4n) is 5.34. The van der Waals surface area contributed by atoms with E-state index in [0.29, 0.717) is 24.1 Å². The van der Waals surface area contributed by atoms with E-state index < -0.39 is 13.9 Å².